The molecule has 1 fully saturated rings. The van der Waals surface area contributed by atoms with Gasteiger partial charge in [-0.15, -0.1) is 12.4 Å². The Morgan fingerprint density at radius 3 is 2.38 bits per heavy atom. The van der Waals surface area contributed by atoms with Crippen LogP contribution in [0, 0.1) is 5.41 Å². The molecule has 0 aromatic heterocycles. The fourth-order valence-electron chi connectivity index (χ4n) is 2.87. The number of carbonyl (C=O) groups is 1. The third-order valence-corrected chi connectivity index (χ3v) is 4.19. The molecular weight excluding hydrogens is 292 g/mol. The number of carbonyl (C=O) groups excluding carboxylic acids is 1. The van der Waals surface area contributed by atoms with E-state index in [0.717, 1.165) is 32.4 Å². The SMILES string of the molecule is COCC1(C(=O)NC(C)CC(C)(C)OC)CCNCC1.Cl. The van der Waals surface area contributed by atoms with Crippen LogP contribution in [-0.4, -0.2) is 51.5 Å². The van der Waals surface area contributed by atoms with Gasteiger partial charge in [-0.1, -0.05) is 0 Å². The summed E-state index contributed by atoms with van der Waals surface area (Å²) < 4.78 is 10.7. The summed E-state index contributed by atoms with van der Waals surface area (Å²) in [7, 11) is 3.36. The van der Waals surface area contributed by atoms with Gasteiger partial charge in [0, 0.05) is 20.3 Å². The van der Waals surface area contributed by atoms with Crippen molar-refractivity contribution in [2.45, 2.75) is 51.7 Å². The van der Waals surface area contributed by atoms with E-state index in [1.165, 1.54) is 0 Å². The maximum atomic E-state index is 12.6. The van der Waals surface area contributed by atoms with Crippen molar-refractivity contribution in [1.29, 1.82) is 0 Å². The second-order valence-corrected chi connectivity index (χ2v) is 6.51. The lowest BCUT2D eigenvalue weighted by molar-refractivity contribution is -0.137. The highest BCUT2D eigenvalue weighted by molar-refractivity contribution is 5.85. The van der Waals surface area contributed by atoms with Gasteiger partial charge in [0.2, 0.25) is 5.91 Å². The molecule has 0 aliphatic carbocycles. The molecule has 1 saturated heterocycles. The summed E-state index contributed by atoms with van der Waals surface area (Å²) >= 11 is 0. The van der Waals surface area contributed by atoms with E-state index in [4.69, 9.17) is 9.47 Å². The van der Waals surface area contributed by atoms with E-state index in [1.807, 2.05) is 20.8 Å². The topological polar surface area (TPSA) is 59.6 Å². The molecule has 21 heavy (non-hydrogen) atoms. The molecule has 1 atom stereocenters. The van der Waals surface area contributed by atoms with Gasteiger partial charge in [0.1, 0.15) is 0 Å². The van der Waals surface area contributed by atoms with Gasteiger partial charge in [-0.3, -0.25) is 4.79 Å². The number of ether oxygens (including phenoxy) is 2. The van der Waals surface area contributed by atoms with Gasteiger partial charge in [0.15, 0.2) is 0 Å². The zero-order chi connectivity index (χ0) is 15.2. The van der Waals surface area contributed by atoms with Gasteiger partial charge in [-0.25, -0.2) is 0 Å². The number of piperidine rings is 1. The zero-order valence-corrected chi connectivity index (χ0v) is 14.8. The highest BCUT2D eigenvalue weighted by atomic mass is 35.5. The lowest BCUT2D eigenvalue weighted by Gasteiger charge is -2.37. The minimum Gasteiger partial charge on any atom is -0.384 e. The Kier molecular flexibility index (Phi) is 8.78. The number of methoxy groups -OCH3 is 2. The first kappa shape index (κ1) is 20.6. The molecule has 0 radical (unpaired) electrons. The molecular formula is C15H31ClN2O3. The molecule has 5 nitrogen and oxygen atoms in total. The van der Waals surface area contributed by atoms with Gasteiger partial charge in [-0.05, 0) is 53.1 Å². The standard InChI is InChI=1S/C15H30N2O3.ClH/c1-12(10-14(2,3)20-5)17-13(18)15(11-19-4)6-8-16-9-7-15;/h12,16H,6-11H2,1-5H3,(H,17,18);1H. The molecule has 1 unspecified atom stereocenters. The molecule has 2 N–H and O–H groups in total. The average molecular weight is 323 g/mol. The number of halogens is 1. The van der Waals surface area contributed by atoms with Gasteiger partial charge < -0.3 is 20.1 Å². The van der Waals surface area contributed by atoms with E-state index < -0.39 is 0 Å². The van der Waals surface area contributed by atoms with Crippen LogP contribution in [0.3, 0.4) is 0 Å². The highest BCUT2D eigenvalue weighted by Gasteiger charge is 2.40. The molecule has 1 aliphatic rings. The Morgan fingerprint density at radius 2 is 1.90 bits per heavy atom. The average Bonchev–Trinajstić information content (AvgIpc) is 2.39. The van der Waals surface area contributed by atoms with E-state index in [2.05, 4.69) is 10.6 Å². The summed E-state index contributed by atoms with van der Waals surface area (Å²) in [4.78, 5) is 12.6. The number of hydrogen-bond acceptors (Lipinski definition) is 4. The largest absolute Gasteiger partial charge is 0.384 e. The molecule has 0 bridgehead atoms. The van der Waals surface area contributed by atoms with Crippen LogP contribution in [0.15, 0.2) is 0 Å². The lowest BCUT2D eigenvalue weighted by atomic mass is 9.78. The summed E-state index contributed by atoms with van der Waals surface area (Å²) in [6, 6.07) is 0.0843. The smallest absolute Gasteiger partial charge is 0.228 e. The number of hydrogen-bond donors (Lipinski definition) is 2. The van der Waals surface area contributed by atoms with Gasteiger partial charge in [0.05, 0.1) is 17.6 Å². The maximum absolute atomic E-state index is 12.6. The molecule has 0 saturated carbocycles. The molecule has 0 aromatic carbocycles. The first-order valence-corrected chi connectivity index (χ1v) is 7.41. The van der Waals surface area contributed by atoms with Crippen LogP contribution in [0.1, 0.15) is 40.0 Å². The Bertz CT molecular complexity index is 313. The summed E-state index contributed by atoms with van der Waals surface area (Å²) in [6.45, 7) is 8.32. The summed E-state index contributed by atoms with van der Waals surface area (Å²) in [5, 5.41) is 6.44. The van der Waals surface area contributed by atoms with E-state index in [-0.39, 0.29) is 35.4 Å². The number of amides is 1. The second-order valence-electron chi connectivity index (χ2n) is 6.51. The van der Waals surface area contributed by atoms with Crippen molar-refractivity contribution < 1.29 is 14.3 Å². The van der Waals surface area contributed by atoms with E-state index in [0.29, 0.717) is 6.61 Å². The quantitative estimate of drug-likeness (QED) is 0.749. The van der Waals surface area contributed by atoms with Crippen LogP contribution in [0.2, 0.25) is 0 Å². The fourth-order valence-corrected chi connectivity index (χ4v) is 2.87. The van der Waals surface area contributed by atoms with Crippen LogP contribution in [0.25, 0.3) is 0 Å². The van der Waals surface area contributed by atoms with Crippen molar-refractivity contribution in [3.8, 4) is 0 Å². The van der Waals surface area contributed by atoms with E-state index in [1.54, 1.807) is 14.2 Å². The Hall–Kier alpha value is -0.360. The van der Waals surface area contributed by atoms with Crippen molar-refractivity contribution in [2.75, 3.05) is 33.9 Å². The predicted octanol–water partition coefficient (Wildman–Crippen LogP) is 1.74. The van der Waals surface area contributed by atoms with Crippen LogP contribution < -0.4 is 10.6 Å². The molecule has 126 valence electrons. The third-order valence-electron chi connectivity index (χ3n) is 4.19. The van der Waals surface area contributed by atoms with Gasteiger partial charge in [0.25, 0.3) is 0 Å². The van der Waals surface area contributed by atoms with Gasteiger partial charge >= 0.3 is 0 Å². The van der Waals surface area contributed by atoms with Crippen molar-refractivity contribution >= 4 is 18.3 Å². The number of nitrogens with one attached hydrogen (secondary N) is 2. The van der Waals surface area contributed by atoms with Crippen molar-refractivity contribution in [1.82, 2.24) is 10.6 Å². The summed E-state index contributed by atoms with van der Waals surface area (Å²) in [5.74, 6) is 0.111. The van der Waals surface area contributed by atoms with Crippen molar-refractivity contribution in [3.05, 3.63) is 0 Å². The van der Waals surface area contributed by atoms with Crippen molar-refractivity contribution in [3.63, 3.8) is 0 Å². The lowest BCUT2D eigenvalue weighted by Crippen LogP contribution is -2.52. The second kappa shape index (κ2) is 8.93. The Labute approximate surface area is 134 Å². The van der Waals surface area contributed by atoms with Crippen molar-refractivity contribution in [2.24, 2.45) is 5.41 Å². The Morgan fingerprint density at radius 1 is 1.33 bits per heavy atom. The van der Waals surface area contributed by atoms with Crippen LogP contribution in [0.5, 0.6) is 0 Å². The van der Waals surface area contributed by atoms with E-state index in [9.17, 15) is 4.79 Å². The molecule has 0 spiro atoms. The van der Waals surface area contributed by atoms with E-state index >= 15 is 0 Å². The molecule has 6 heteroatoms. The molecule has 1 rings (SSSR count). The summed E-state index contributed by atoms with van der Waals surface area (Å²) in [5.41, 5.74) is -0.610. The first-order valence-electron chi connectivity index (χ1n) is 7.41. The normalized spacial score (nSPS) is 19.5. The monoisotopic (exact) mass is 322 g/mol. The summed E-state index contributed by atoms with van der Waals surface area (Å²) in [6.07, 6.45) is 2.44. The van der Waals surface area contributed by atoms with Gasteiger partial charge in [-0.2, -0.15) is 0 Å². The first-order chi connectivity index (χ1) is 9.35. The zero-order valence-electron chi connectivity index (χ0n) is 14.0. The molecule has 0 aromatic rings. The highest BCUT2D eigenvalue weighted by Crippen LogP contribution is 2.30. The molecule has 1 amide bonds. The molecule has 1 heterocycles. The number of rotatable bonds is 7. The Balaban J connectivity index is 0.00000400. The minimum absolute atomic E-state index is 0. The predicted molar refractivity (Wildman–Crippen MR) is 87.0 cm³/mol. The molecule has 1 aliphatic heterocycles. The fraction of sp³-hybridized carbons (Fsp3) is 0.933. The maximum Gasteiger partial charge on any atom is 0.228 e. The third kappa shape index (κ3) is 6.10. The minimum atomic E-state index is -0.383. The van der Waals surface area contributed by atoms with Crippen LogP contribution in [-0.2, 0) is 14.3 Å². The van der Waals surface area contributed by atoms with Crippen LogP contribution in [0.4, 0.5) is 0 Å². The van der Waals surface area contributed by atoms with Crippen LogP contribution >= 0.6 is 12.4 Å².